The SMILES string of the molecule is CC(=O)c1c2cc(C(C)C)cccc-2oc1=O. The highest BCUT2D eigenvalue weighted by atomic mass is 16.4. The molecule has 0 atom stereocenters. The molecule has 3 heteroatoms. The number of ketones is 1. The number of rotatable bonds is 2. The van der Waals surface area contributed by atoms with E-state index < -0.39 is 5.63 Å². The molecular weight excluding hydrogens is 216 g/mol. The topological polar surface area (TPSA) is 47.3 Å². The summed E-state index contributed by atoms with van der Waals surface area (Å²) in [6.45, 7) is 5.51. The third-order valence-corrected chi connectivity index (χ3v) is 2.81. The van der Waals surface area contributed by atoms with Crippen molar-refractivity contribution in [2.75, 3.05) is 0 Å². The van der Waals surface area contributed by atoms with Crippen LogP contribution in [0.15, 0.2) is 33.5 Å². The summed E-state index contributed by atoms with van der Waals surface area (Å²) in [5, 5.41) is 0. The van der Waals surface area contributed by atoms with E-state index in [1.807, 2.05) is 18.2 Å². The van der Waals surface area contributed by atoms with Crippen molar-refractivity contribution in [1.82, 2.24) is 0 Å². The lowest BCUT2D eigenvalue weighted by atomic mass is 10.0. The summed E-state index contributed by atoms with van der Waals surface area (Å²) in [7, 11) is 0. The van der Waals surface area contributed by atoms with Crippen LogP contribution in [0.25, 0.3) is 11.3 Å². The number of carbonyl (C=O) groups excluding carboxylic acids is 1. The molecule has 88 valence electrons. The average Bonchev–Trinajstić information content (AvgIpc) is 2.42. The van der Waals surface area contributed by atoms with Crippen LogP contribution < -0.4 is 5.63 Å². The maximum atomic E-state index is 11.6. The van der Waals surface area contributed by atoms with Gasteiger partial charge in [-0.2, -0.15) is 0 Å². The van der Waals surface area contributed by atoms with E-state index in [-0.39, 0.29) is 11.3 Å². The fourth-order valence-electron chi connectivity index (χ4n) is 1.86. The Morgan fingerprint density at radius 1 is 1.29 bits per heavy atom. The minimum Gasteiger partial charge on any atom is -0.422 e. The number of hydrogen-bond acceptors (Lipinski definition) is 3. The molecule has 0 bridgehead atoms. The van der Waals surface area contributed by atoms with Crippen molar-refractivity contribution in [3.63, 3.8) is 0 Å². The highest BCUT2D eigenvalue weighted by Crippen LogP contribution is 2.27. The summed E-state index contributed by atoms with van der Waals surface area (Å²) in [6, 6.07) is 7.38. The normalized spacial score (nSPS) is 11.1. The predicted molar refractivity (Wildman–Crippen MR) is 65.7 cm³/mol. The Morgan fingerprint density at radius 3 is 2.59 bits per heavy atom. The van der Waals surface area contributed by atoms with E-state index in [9.17, 15) is 9.59 Å². The molecule has 0 aromatic carbocycles. The van der Waals surface area contributed by atoms with Crippen LogP contribution in [0.5, 0.6) is 0 Å². The van der Waals surface area contributed by atoms with E-state index >= 15 is 0 Å². The summed E-state index contributed by atoms with van der Waals surface area (Å²) in [6.07, 6.45) is 0. The van der Waals surface area contributed by atoms with Crippen molar-refractivity contribution in [1.29, 1.82) is 0 Å². The number of carbonyl (C=O) groups is 1. The third-order valence-electron chi connectivity index (χ3n) is 2.81. The van der Waals surface area contributed by atoms with E-state index in [1.165, 1.54) is 6.92 Å². The van der Waals surface area contributed by atoms with Crippen LogP contribution in [0, 0.1) is 0 Å². The van der Waals surface area contributed by atoms with Gasteiger partial charge in [0.15, 0.2) is 5.78 Å². The van der Waals surface area contributed by atoms with E-state index in [1.54, 1.807) is 6.07 Å². The molecule has 0 aromatic rings. The number of fused-ring (bicyclic) bond motifs is 1. The molecule has 0 amide bonds. The Bertz CT molecular complexity index is 593. The highest BCUT2D eigenvalue weighted by molar-refractivity contribution is 6.00. The first-order valence-electron chi connectivity index (χ1n) is 5.58. The Kier molecular flexibility index (Phi) is 2.84. The smallest absolute Gasteiger partial charge is 0.347 e. The molecule has 0 unspecified atom stereocenters. The second kappa shape index (κ2) is 4.17. The van der Waals surface area contributed by atoms with Crippen LogP contribution in [-0.4, -0.2) is 5.78 Å². The summed E-state index contributed by atoms with van der Waals surface area (Å²) < 4.78 is 5.08. The largest absolute Gasteiger partial charge is 0.422 e. The van der Waals surface area contributed by atoms with Crippen molar-refractivity contribution in [3.05, 3.63) is 45.8 Å². The zero-order valence-corrected chi connectivity index (χ0v) is 10.1. The van der Waals surface area contributed by atoms with Gasteiger partial charge in [-0.3, -0.25) is 4.79 Å². The lowest BCUT2D eigenvalue weighted by molar-refractivity contribution is 0.101. The Hall–Kier alpha value is -1.90. The van der Waals surface area contributed by atoms with Gasteiger partial charge in [0.2, 0.25) is 0 Å². The fourth-order valence-corrected chi connectivity index (χ4v) is 1.86. The molecule has 0 radical (unpaired) electrons. The van der Waals surface area contributed by atoms with E-state index in [0.29, 0.717) is 17.2 Å². The molecule has 0 saturated heterocycles. The quantitative estimate of drug-likeness (QED) is 0.745. The summed E-state index contributed by atoms with van der Waals surface area (Å²) in [5.74, 6) is 0.539. The minimum atomic E-state index is -0.548. The third kappa shape index (κ3) is 2.00. The Balaban J connectivity index is 2.79. The van der Waals surface area contributed by atoms with Gasteiger partial charge in [-0.1, -0.05) is 26.0 Å². The molecule has 0 fully saturated rings. The lowest BCUT2D eigenvalue weighted by Gasteiger charge is -2.01. The molecule has 2 aliphatic rings. The molecule has 1 heterocycles. The van der Waals surface area contributed by atoms with Crippen LogP contribution in [0.1, 0.15) is 42.6 Å². The highest BCUT2D eigenvalue weighted by Gasteiger charge is 2.20. The predicted octanol–water partition coefficient (Wildman–Crippen LogP) is 3.07. The lowest BCUT2D eigenvalue weighted by Crippen LogP contribution is -2.06. The second-order valence-corrected chi connectivity index (χ2v) is 4.42. The van der Waals surface area contributed by atoms with Crippen molar-refractivity contribution in [2.45, 2.75) is 26.7 Å². The standard InChI is InChI=1S/C14H14O3/c1-8(2)10-5-4-6-12-11(7-10)13(9(3)15)14(16)17-12/h4-8H,1-3H3. The summed E-state index contributed by atoms with van der Waals surface area (Å²) in [4.78, 5) is 23.0. The molecule has 3 nitrogen and oxygen atoms in total. The molecule has 0 aromatic heterocycles. The first-order chi connectivity index (χ1) is 8.00. The van der Waals surface area contributed by atoms with Crippen LogP contribution in [0.4, 0.5) is 0 Å². The van der Waals surface area contributed by atoms with Crippen LogP contribution in [0.2, 0.25) is 0 Å². The number of furan rings is 1. The van der Waals surface area contributed by atoms with Gasteiger partial charge < -0.3 is 4.42 Å². The van der Waals surface area contributed by atoms with Crippen molar-refractivity contribution in [2.24, 2.45) is 0 Å². The van der Waals surface area contributed by atoms with Crippen molar-refractivity contribution >= 4 is 5.78 Å². The number of Topliss-reactive ketones (excluding diaryl/α,β-unsaturated/α-hetero) is 1. The molecule has 2 rings (SSSR count). The van der Waals surface area contributed by atoms with E-state index in [2.05, 4.69) is 13.8 Å². The van der Waals surface area contributed by atoms with Crippen LogP contribution in [-0.2, 0) is 0 Å². The van der Waals surface area contributed by atoms with E-state index in [4.69, 9.17) is 4.42 Å². The van der Waals surface area contributed by atoms with Crippen LogP contribution >= 0.6 is 0 Å². The zero-order valence-electron chi connectivity index (χ0n) is 10.1. The maximum Gasteiger partial charge on any atom is 0.347 e. The molecule has 0 spiro atoms. The molecular formula is C14H14O3. The Morgan fingerprint density at radius 2 is 2.00 bits per heavy atom. The molecule has 1 aliphatic heterocycles. The van der Waals surface area contributed by atoms with Crippen LogP contribution in [0.3, 0.4) is 0 Å². The molecule has 17 heavy (non-hydrogen) atoms. The van der Waals surface area contributed by atoms with Gasteiger partial charge in [0.05, 0.1) is 0 Å². The van der Waals surface area contributed by atoms with Gasteiger partial charge >= 0.3 is 5.63 Å². The summed E-state index contributed by atoms with van der Waals surface area (Å²) >= 11 is 0. The van der Waals surface area contributed by atoms with Gasteiger partial charge in [-0.15, -0.1) is 0 Å². The first kappa shape index (κ1) is 11.6. The zero-order chi connectivity index (χ0) is 12.6. The summed E-state index contributed by atoms with van der Waals surface area (Å²) in [5.41, 5.74) is 1.28. The van der Waals surface area contributed by atoms with Gasteiger partial charge in [0.1, 0.15) is 11.3 Å². The maximum absolute atomic E-state index is 11.6. The Labute approximate surface area is 99.4 Å². The minimum absolute atomic E-state index is 0.151. The average molecular weight is 230 g/mol. The van der Waals surface area contributed by atoms with Gasteiger partial charge in [-0.05, 0) is 30.5 Å². The fraction of sp³-hybridized carbons (Fsp3) is 0.286. The van der Waals surface area contributed by atoms with Crippen molar-refractivity contribution in [3.8, 4) is 11.3 Å². The molecule has 0 saturated carbocycles. The first-order valence-corrected chi connectivity index (χ1v) is 5.58. The number of hydrogen-bond donors (Lipinski definition) is 0. The van der Waals surface area contributed by atoms with E-state index in [0.717, 1.165) is 5.56 Å². The van der Waals surface area contributed by atoms with Gasteiger partial charge in [0, 0.05) is 5.56 Å². The van der Waals surface area contributed by atoms with Gasteiger partial charge in [-0.25, -0.2) is 4.79 Å². The van der Waals surface area contributed by atoms with Crippen molar-refractivity contribution < 1.29 is 9.21 Å². The monoisotopic (exact) mass is 230 g/mol. The molecule has 0 N–H and O–H groups in total. The molecule has 1 aliphatic carbocycles. The van der Waals surface area contributed by atoms with Gasteiger partial charge in [0.25, 0.3) is 0 Å². The second-order valence-electron chi connectivity index (χ2n) is 4.42.